The molecule has 3 aromatic rings. The second-order valence-corrected chi connectivity index (χ2v) is 9.27. The molecule has 3 aromatic carbocycles. The maximum Gasteiger partial charge on any atom is 0.254 e. The van der Waals surface area contributed by atoms with Crippen LogP contribution in [0.2, 0.25) is 0 Å². The lowest BCUT2D eigenvalue weighted by atomic mass is 10.0. The molecule has 1 unspecified atom stereocenters. The van der Waals surface area contributed by atoms with Gasteiger partial charge in [0.1, 0.15) is 0 Å². The van der Waals surface area contributed by atoms with Crippen molar-refractivity contribution in [2.75, 3.05) is 24.3 Å². The molecule has 0 saturated carbocycles. The van der Waals surface area contributed by atoms with Gasteiger partial charge in [0, 0.05) is 43.5 Å². The molecule has 0 radical (unpaired) electrons. The van der Waals surface area contributed by atoms with Crippen molar-refractivity contribution in [3.05, 3.63) is 95.1 Å². The molecule has 0 fully saturated rings. The largest absolute Gasteiger partial charge is 0.377 e. The molecule has 0 bridgehead atoms. The highest BCUT2D eigenvalue weighted by molar-refractivity contribution is 5.95. The fourth-order valence-electron chi connectivity index (χ4n) is 3.94. The molecule has 178 valence electrons. The van der Waals surface area contributed by atoms with Crippen LogP contribution >= 0.6 is 0 Å². The molecule has 0 saturated heterocycles. The molecule has 2 amide bonds. The van der Waals surface area contributed by atoms with E-state index in [1.807, 2.05) is 117 Å². The number of nitrogens with zero attached hydrogens (tertiary/aromatic N) is 2. The number of hydrogen-bond acceptors (Lipinski definition) is 3. The lowest BCUT2D eigenvalue weighted by Crippen LogP contribution is -2.34. The number of nitrogens with one attached hydrogen (secondary N) is 1. The van der Waals surface area contributed by atoms with Gasteiger partial charge in [0.05, 0.1) is 6.04 Å². The summed E-state index contributed by atoms with van der Waals surface area (Å²) in [4.78, 5) is 30.0. The van der Waals surface area contributed by atoms with Crippen molar-refractivity contribution >= 4 is 23.2 Å². The Kier molecular flexibility index (Phi) is 8.11. The van der Waals surface area contributed by atoms with Crippen LogP contribution in [0.5, 0.6) is 0 Å². The van der Waals surface area contributed by atoms with E-state index < -0.39 is 0 Å². The number of aryl methyl sites for hydroxylation is 1. The van der Waals surface area contributed by atoms with Gasteiger partial charge in [0.25, 0.3) is 5.91 Å². The molecule has 0 aromatic heterocycles. The van der Waals surface area contributed by atoms with Crippen molar-refractivity contribution in [1.82, 2.24) is 4.90 Å². The van der Waals surface area contributed by atoms with Crippen molar-refractivity contribution in [1.29, 1.82) is 0 Å². The zero-order valence-electron chi connectivity index (χ0n) is 21.0. The first-order valence-electron chi connectivity index (χ1n) is 11.7. The van der Waals surface area contributed by atoms with Crippen LogP contribution in [0.3, 0.4) is 0 Å². The highest BCUT2D eigenvalue weighted by atomic mass is 16.2. The van der Waals surface area contributed by atoms with Gasteiger partial charge in [0.2, 0.25) is 5.91 Å². The topological polar surface area (TPSA) is 52.7 Å². The van der Waals surface area contributed by atoms with Crippen molar-refractivity contribution < 1.29 is 9.59 Å². The Balaban J connectivity index is 2.04. The van der Waals surface area contributed by atoms with E-state index in [0.717, 1.165) is 28.1 Å². The molecular weight excluding hydrogens is 422 g/mol. The lowest BCUT2D eigenvalue weighted by Gasteiger charge is -2.32. The number of rotatable bonds is 8. The minimum atomic E-state index is -0.141. The molecule has 5 heteroatoms. The molecule has 34 heavy (non-hydrogen) atoms. The van der Waals surface area contributed by atoms with Gasteiger partial charge in [0.15, 0.2) is 0 Å². The smallest absolute Gasteiger partial charge is 0.254 e. The number of hydrogen-bond donors (Lipinski definition) is 1. The van der Waals surface area contributed by atoms with Gasteiger partial charge in [-0.05, 0) is 55.3 Å². The van der Waals surface area contributed by atoms with E-state index in [-0.39, 0.29) is 23.8 Å². The Labute approximate surface area is 203 Å². The Morgan fingerprint density at radius 1 is 0.882 bits per heavy atom. The Morgan fingerprint density at radius 2 is 1.59 bits per heavy atom. The Bertz CT molecular complexity index is 1140. The Hall–Kier alpha value is -3.60. The minimum absolute atomic E-state index is 0.0265. The zero-order valence-corrected chi connectivity index (χ0v) is 21.0. The molecule has 0 heterocycles. The monoisotopic (exact) mass is 457 g/mol. The molecule has 3 rings (SSSR count). The molecule has 1 N–H and O–H groups in total. The third kappa shape index (κ3) is 6.04. The third-order valence-corrected chi connectivity index (χ3v) is 5.97. The number of benzene rings is 3. The minimum Gasteiger partial charge on any atom is -0.377 e. The van der Waals surface area contributed by atoms with Crippen LogP contribution in [0.4, 0.5) is 11.4 Å². The van der Waals surface area contributed by atoms with Gasteiger partial charge in [-0.15, -0.1) is 0 Å². The van der Waals surface area contributed by atoms with Gasteiger partial charge < -0.3 is 15.1 Å². The summed E-state index contributed by atoms with van der Waals surface area (Å²) in [5.74, 6) is -0.176. The van der Waals surface area contributed by atoms with Crippen LogP contribution in [-0.2, 0) is 11.3 Å². The molecule has 0 aliphatic carbocycles. The van der Waals surface area contributed by atoms with E-state index in [1.54, 1.807) is 0 Å². The van der Waals surface area contributed by atoms with Gasteiger partial charge in [-0.25, -0.2) is 0 Å². The van der Waals surface area contributed by atoms with Crippen LogP contribution in [0.25, 0.3) is 0 Å². The van der Waals surface area contributed by atoms with E-state index in [0.29, 0.717) is 12.1 Å². The van der Waals surface area contributed by atoms with E-state index in [2.05, 4.69) is 12.2 Å². The number of carbonyl (C=O) groups is 2. The molecule has 0 spiro atoms. The van der Waals surface area contributed by atoms with Crippen molar-refractivity contribution in [3.8, 4) is 0 Å². The zero-order chi connectivity index (χ0) is 24.8. The third-order valence-electron chi connectivity index (χ3n) is 5.97. The maximum atomic E-state index is 13.8. The van der Waals surface area contributed by atoms with Crippen LogP contribution < -0.4 is 10.2 Å². The first-order valence-corrected chi connectivity index (χ1v) is 11.7. The fraction of sp³-hybridized carbons (Fsp3) is 0.310. The summed E-state index contributed by atoms with van der Waals surface area (Å²) in [7, 11) is 3.97. The summed E-state index contributed by atoms with van der Waals surface area (Å²) in [5.41, 5.74) is 5.48. The summed E-state index contributed by atoms with van der Waals surface area (Å²) in [6.45, 7) is 8.19. The lowest BCUT2D eigenvalue weighted by molar-refractivity contribution is -0.118. The predicted octanol–water partition coefficient (Wildman–Crippen LogP) is 6.06. The Morgan fingerprint density at radius 3 is 2.21 bits per heavy atom. The average molecular weight is 458 g/mol. The summed E-state index contributed by atoms with van der Waals surface area (Å²) in [5, 5.41) is 2.99. The molecule has 0 aliphatic heterocycles. The molecule has 0 aliphatic rings. The molecular formula is C29H35N3O2. The van der Waals surface area contributed by atoms with E-state index >= 15 is 0 Å². The van der Waals surface area contributed by atoms with E-state index in [9.17, 15) is 9.59 Å². The predicted molar refractivity (Wildman–Crippen MR) is 140 cm³/mol. The fourth-order valence-corrected chi connectivity index (χ4v) is 3.94. The molecule has 5 nitrogen and oxygen atoms in total. The normalized spacial score (nSPS) is 11.7. The summed E-state index contributed by atoms with van der Waals surface area (Å²) in [6, 6.07) is 23.5. The van der Waals surface area contributed by atoms with Crippen LogP contribution in [0, 0.1) is 12.8 Å². The van der Waals surface area contributed by atoms with Crippen LogP contribution in [0.15, 0.2) is 72.8 Å². The number of carbonyl (C=O) groups excluding carboxylic acids is 2. The van der Waals surface area contributed by atoms with Crippen molar-refractivity contribution in [2.45, 2.75) is 40.3 Å². The highest BCUT2D eigenvalue weighted by Gasteiger charge is 2.25. The van der Waals surface area contributed by atoms with E-state index in [1.165, 1.54) is 0 Å². The SMILES string of the molecule is Cc1cccc(C(=O)N(Cc2cc(NC(=O)C(C)C)ccc2N(C)C)C(C)c2ccccc2)c1. The van der Waals surface area contributed by atoms with Crippen molar-refractivity contribution in [2.24, 2.45) is 5.92 Å². The first kappa shape index (κ1) is 25.0. The summed E-state index contributed by atoms with van der Waals surface area (Å²) < 4.78 is 0. The van der Waals surface area contributed by atoms with Gasteiger partial charge in [-0.3, -0.25) is 9.59 Å². The number of amides is 2. The second-order valence-electron chi connectivity index (χ2n) is 9.27. The number of anilines is 2. The summed E-state index contributed by atoms with van der Waals surface area (Å²) in [6.07, 6.45) is 0. The van der Waals surface area contributed by atoms with Gasteiger partial charge in [-0.1, -0.05) is 61.9 Å². The van der Waals surface area contributed by atoms with Crippen LogP contribution in [0.1, 0.15) is 53.9 Å². The standard InChI is InChI=1S/C29H35N3O2/c1-20(2)28(33)30-26-15-16-27(31(5)6)25(18-26)19-32(22(4)23-12-8-7-9-13-23)29(34)24-14-10-11-21(3)17-24/h7-18,20,22H,19H2,1-6H3,(H,30,33). The first-order chi connectivity index (χ1) is 16.2. The van der Waals surface area contributed by atoms with Gasteiger partial charge >= 0.3 is 0 Å². The van der Waals surface area contributed by atoms with E-state index in [4.69, 9.17) is 0 Å². The van der Waals surface area contributed by atoms with Crippen LogP contribution in [-0.4, -0.2) is 30.8 Å². The highest BCUT2D eigenvalue weighted by Crippen LogP contribution is 2.30. The second kappa shape index (κ2) is 11.0. The van der Waals surface area contributed by atoms with Gasteiger partial charge in [-0.2, -0.15) is 0 Å². The quantitative estimate of drug-likeness (QED) is 0.447. The summed E-state index contributed by atoms with van der Waals surface area (Å²) >= 11 is 0. The average Bonchev–Trinajstić information content (AvgIpc) is 2.82. The molecule has 1 atom stereocenters. The van der Waals surface area contributed by atoms with Crippen molar-refractivity contribution in [3.63, 3.8) is 0 Å². The maximum absolute atomic E-state index is 13.8.